The molecule has 1 aromatic carbocycles. The Hall–Kier alpha value is -2.58. The van der Waals surface area contributed by atoms with Crippen molar-refractivity contribution >= 4 is 23.9 Å². The largest absolute Gasteiger partial charge is 0.387 e. The number of aliphatic hydroxyl groups excluding tert-OH is 2. The van der Waals surface area contributed by atoms with E-state index >= 15 is 0 Å². The molecule has 8 heteroatoms. The second-order valence-corrected chi connectivity index (χ2v) is 6.21. The molecule has 1 aromatic rings. The van der Waals surface area contributed by atoms with Gasteiger partial charge in [-0.25, -0.2) is 19.2 Å². The topological polar surface area (TPSA) is 127 Å². The van der Waals surface area contributed by atoms with Crippen molar-refractivity contribution in [1.29, 1.82) is 0 Å². The van der Waals surface area contributed by atoms with Crippen LogP contribution in [-0.4, -0.2) is 46.3 Å². The van der Waals surface area contributed by atoms with Crippen molar-refractivity contribution in [3.63, 3.8) is 0 Å². The number of esters is 4. The minimum Gasteiger partial charge on any atom is -0.387 e. The summed E-state index contributed by atoms with van der Waals surface area (Å²) in [5.74, 6) is -4.51. The Labute approximate surface area is 163 Å². The number of unbranched alkanes of at least 4 members (excludes halogenated alkanes) is 1. The summed E-state index contributed by atoms with van der Waals surface area (Å²) >= 11 is 0. The van der Waals surface area contributed by atoms with Crippen molar-refractivity contribution in [3.8, 4) is 0 Å². The van der Waals surface area contributed by atoms with Crippen LogP contribution in [0.2, 0.25) is 0 Å². The first-order chi connectivity index (χ1) is 13.3. The molecule has 0 saturated heterocycles. The van der Waals surface area contributed by atoms with E-state index in [2.05, 4.69) is 4.74 Å². The first-order valence-electron chi connectivity index (χ1n) is 9.26. The van der Waals surface area contributed by atoms with Crippen molar-refractivity contribution in [2.45, 2.75) is 65.1 Å². The van der Waals surface area contributed by atoms with Gasteiger partial charge in [-0.05, 0) is 37.3 Å². The molecule has 2 unspecified atom stereocenters. The number of hydrogen-bond acceptors (Lipinski definition) is 8. The summed E-state index contributed by atoms with van der Waals surface area (Å²) in [6.07, 6.45) is -0.872. The van der Waals surface area contributed by atoms with Gasteiger partial charge in [0.1, 0.15) is 0 Å². The molecule has 0 spiro atoms. The zero-order valence-electron chi connectivity index (χ0n) is 16.3. The van der Waals surface area contributed by atoms with Crippen LogP contribution in [-0.2, 0) is 25.5 Å². The number of carbonyl (C=O) groups is 4. The van der Waals surface area contributed by atoms with Gasteiger partial charge in [-0.1, -0.05) is 39.3 Å². The van der Waals surface area contributed by atoms with Crippen LogP contribution >= 0.6 is 0 Å². The van der Waals surface area contributed by atoms with Gasteiger partial charge in [-0.3, -0.25) is 0 Å². The Morgan fingerprint density at radius 3 is 1.93 bits per heavy atom. The zero-order chi connectivity index (χ0) is 21.3. The molecule has 0 heterocycles. The molecule has 0 aliphatic carbocycles. The summed E-state index contributed by atoms with van der Waals surface area (Å²) in [6.45, 7) is 5.02. The average molecular weight is 394 g/mol. The van der Waals surface area contributed by atoms with Gasteiger partial charge in [0.25, 0.3) is 0 Å². The minimum atomic E-state index is -1.47. The number of carbonyl (C=O) groups excluding carboxylic acids is 4. The quantitative estimate of drug-likeness (QED) is 0.480. The number of ether oxygens (including phenoxy) is 2. The zero-order valence-corrected chi connectivity index (χ0v) is 16.3. The molecular weight excluding hydrogens is 368 g/mol. The highest BCUT2D eigenvalue weighted by Gasteiger charge is 2.28. The Kier molecular flexibility index (Phi) is 9.47. The maximum absolute atomic E-state index is 12.6. The highest BCUT2D eigenvalue weighted by Crippen LogP contribution is 2.20. The van der Waals surface area contributed by atoms with Crippen molar-refractivity contribution in [1.82, 2.24) is 0 Å². The average Bonchev–Trinajstić information content (AvgIpc) is 2.69. The summed E-state index contributed by atoms with van der Waals surface area (Å²) in [7, 11) is 0. The summed E-state index contributed by atoms with van der Waals surface area (Å²) in [5.41, 5.74) is -0.00554. The van der Waals surface area contributed by atoms with Crippen LogP contribution < -0.4 is 0 Å². The van der Waals surface area contributed by atoms with Crippen LogP contribution in [0.15, 0.2) is 18.2 Å². The highest BCUT2D eigenvalue weighted by atomic mass is 16.6. The standard InChI is InChI=1S/C20H26O8/c1-4-7-9-12-10-8-11-13(17(23)27-18(24)14(21)5-2)16(12)20(26)28-19(25)15(22)6-3/h8,10-11,14-15,21-22H,4-7,9H2,1-3H3. The summed E-state index contributed by atoms with van der Waals surface area (Å²) in [6, 6.07) is 4.38. The predicted molar refractivity (Wildman–Crippen MR) is 98.5 cm³/mol. The lowest BCUT2D eigenvalue weighted by molar-refractivity contribution is -0.148. The normalized spacial score (nSPS) is 12.8. The third-order valence-corrected chi connectivity index (χ3v) is 4.08. The third kappa shape index (κ3) is 6.24. The van der Waals surface area contributed by atoms with Gasteiger partial charge in [0.15, 0.2) is 12.2 Å². The second-order valence-electron chi connectivity index (χ2n) is 6.21. The molecule has 0 bridgehead atoms. The smallest absolute Gasteiger partial charge is 0.347 e. The molecule has 0 aliphatic rings. The lowest BCUT2D eigenvalue weighted by Gasteiger charge is -2.14. The van der Waals surface area contributed by atoms with E-state index in [0.717, 1.165) is 6.42 Å². The van der Waals surface area contributed by atoms with E-state index in [0.29, 0.717) is 18.4 Å². The number of aliphatic hydroxyl groups is 2. The van der Waals surface area contributed by atoms with Crippen LogP contribution in [0.4, 0.5) is 0 Å². The van der Waals surface area contributed by atoms with Gasteiger partial charge in [0, 0.05) is 0 Å². The van der Waals surface area contributed by atoms with E-state index < -0.39 is 36.1 Å². The van der Waals surface area contributed by atoms with E-state index in [9.17, 15) is 29.4 Å². The summed E-state index contributed by atoms with van der Waals surface area (Å²) in [5, 5.41) is 19.0. The molecule has 0 radical (unpaired) electrons. The highest BCUT2D eigenvalue weighted by molar-refractivity contribution is 6.09. The van der Waals surface area contributed by atoms with Gasteiger partial charge < -0.3 is 19.7 Å². The van der Waals surface area contributed by atoms with Crippen molar-refractivity contribution in [3.05, 3.63) is 34.9 Å². The van der Waals surface area contributed by atoms with Crippen molar-refractivity contribution < 1.29 is 38.9 Å². The Bertz CT molecular complexity index is 725. The number of hydrogen-bond donors (Lipinski definition) is 2. The molecule has 0 saturated carbocycles. The lowest BCUT2D eigenvalue weighted by Crippen LogP contribution is -2.28. The third-order valence-electron chi connectivity index (χ3n) is 4.08. The second kappa shape index (κ2) is 11.3. The fraction of sp³-hybridized carbons (Fsp3) is 0.500. The summed E-state index contributed by atoms with van der Waals surface area (Å²) < 4.78 is 9.35. The molecule has 0 fully saturated rings. The van der Waals surface area contributed by atoms with E-state index in [1.807, 2.05) is 6.92 Å². The van der Waals surface area contributed by atoms with E-state index in [4.69, 9.17) is 4.74 Å². The van der Waals surface area contributed by atoms with Crippen LogP contribution in [0.3, 0.4) is 0 Å². The lowest BCUT2D eigenvalue weighted by atomic mass is 9.97. The van der Waals surface area contributed by atoms with Gasteiger partial charge in [0.2, 0.25) is 0 Å². The maximum Gasteiger partial charge on any atom is 0.347 e. The molecule has 0 aromatic heterocycles. The Balaban J connectivity index is 3.25. The van der Waals surface area contributed by atoms with Crippen LogP contribution in [0, 0.1) is 0 Å². The molecule has 1 rings (SSSR count). The molecule has 2 N–H and O–H groups in total. The predicted octanol–water partition coefficient (Wildman–Crippen LogP) is 1.94. The molecule has 0 amide bonds. The molecule has 154 valence electrons. The number of rotatable bonds is 9. The molecule has 2 atom stereocenters. The molecular formula is C20H26O8. The van der Waals surface area contributed by atoms with Gasteiger partial charge >= 0.3 is 23.9 Å². The monoisotopic (exact) mass is 394 g/mol. The Morgan fingerprint density at radius 2 is 1.43 bits per heavy atom. The van der Waals surface area contributed by atoms with Crippen LogP contribution in [0.25, 0.3) is 0 Å². The van der Waals surface area contributed by atoms with E-state index in [-0.39, 0.29) is 24.0 Å². The number of aryl methyl sites for hydroxylation is 1. The SMILES string of the molecule is CCCCc1cccc(C(=O)OC(=O)C(O)CC)c1C(=O)OC(=O)C(O)CC. The van der Waals surface area contributed by atoms with Gasteiger partial charge in [0.05, 0.1) is 11.1 Å². The van der Waals surface area contributed by atoms with E-state index in [1.165, 1.54) is 19.1 Å². The first-order valence-corrected chi connectivity index (χ1v) is 9.26. The fourth-order valence-electron chi connectivity index (χ4n) is 2.34. The van der Waals surface area contributed by atoms with Crippen LogP contribution in [0.5, 0.6) is 0 Å². The van der Waals surface area contributed by atoms with Gasteiger partial charge in [-0.15, -0.1) is 0 Å². The van der Waals surface area contributed by atoms with Crippen LogP contribution in [0.1, 0.15) is 72.7 Å². The first kappa shape index (κ1) is 23.5. The minimum absolute atomic E-state index is 0.0565. The summed E-state index contributed by atoms with van der Waals surface area (Å²) in [4.78, 5) is 48.4. The van der Waals surface area contributed by atoms with Crippen molar-refractivity contribution in [2.24, 2.45) is 0 Å². The molecule has 8 nitrogen and oxygen atoms in total. The van der Waals surface area contributed by atoms with E-state index in [1.54, 1.807) is 13.0 Å². The van der Waals surface area contributed by atoms with Gasteiger partial charge in [-0.2, -0.15) is 0 Å². The number of benzene rings is 1. The van der Waals surface area contributed by atoms with Crippen molar-refractivity contribution in [2.75, 3.05) is 0 Å². The Morgan fingerprint density at radius 1 is 0.893 bits per heavy atom. The molecule has 28 heavy (non-hydrogen) atoms. The maximum atomic E-state index is 12.6. The fourth-order valence-corrected chi connectivity index (χ4v) is 2.34. The molecule has 0 aliphatic heterocycles.